The Morgan fingerprint density at radius 2 is 0.255 bits per heavy atom. The van der Waals surface area contributed by atoms with E-state index < -0.39 is 0 Å². The fraction of sp³-hybridized carbons (Fsp3) is 0. The van der Waals surface area contributed by atoms with E-state index in [1.165, 1.54) is 21.5 Å². The topological polar surface area (TPSA) is 118 Å². The van der Waals surface area contributed by atoms with Gasteiger partial charge < -0.3 is 9.13 Å². The summed E-state index contributed by atoms with van der Waals surface area (Å²) in [7, 11) is 0. The molecular formula is C88H56N10O4. The summed E-state index contributed by atoms with van der Waals surface area (Å²) in [6.07, 6.45) is 0. The second-order valence-electron chi connectivity index (χ2n) is 25.7. The van der Waals surface area contributed by atoms with Crippen molar-refractivity contribution in [3.05, 3.63) is 382 Å². The molecule has 0 saturated carbocycles. The fourth-order valence-electron chi connectivity index (χ4n) is 15.6. The van der Waals surface area contributed by atoms with E-state index in [9.17, 15) is 19.2 Å². The van der Waals surface area contributed by atoms with Crippen LogP contribution < -0.4 is 22.8 Å². The molecular weight excluding hydrogens is 1260 g/mol. The quantitative estimate of drug-likeness (QED) is 0.128. The van der Waals surface area contributed by atoms with Crippen molar-refractivity contribution in [2.45, 2.75) is 0 Å². The minimum Gasteiger partial charge on any atom is -0.309 e. The normalized spacial score (nSPS) is 11.9. The van der Waals surface area contributed by atoms with E-state index in [1.54, 1.807) is 36.5 Å². The number of imidazole rings is 4. The molecule has 14 nitrogen and oxygen atoms in total. The molecule has 102 heavy (non-hydrogen) atoms. The number of aromatic nitrogens is 10. The van der Waals surface area contributed by atoms with Crippen LogP contribution in [0.15, 0.2) is 359 Å². The Hall–Kier alpha value is -14.2. The third-order valence-electron chi connectivity index (χ3n) is 20.2. The van der Waals surface area contributed by atoms with Crippen LogP contribution in [-0.4, -0.2) is 45.7 Å². The van der Waals surface area contributed by atoms with Crippen LogP contribution in [-0.2, 0) is 0 Å². The lowest BCUT2D eigenvalue weighted by Gasteiger charge is -2.10. The van der Waals surface area contributed by atoms with Crippen molar-refractivity contribution in [3.8, 4) is 68.0 Å². The summed E-state index contributed by atoms with van der Waals surface area (Å²) in [5, 5.41) is 4.73. The number of para-hydroxylation sites is 12. The predicted molar refractivity (Wildman–Crippen MR) is 410 cm³/mol. The average molecular weight is 1320 g/mol. The Morgan fingerprint density at radius 3 is 0.422 bits per heavy atom. The molecule has 6 heterocycles. The molecule has 20 aromatic rings. The molecule has 0 spiro atoms. The Balaban J connectivity index is 0.571. The van der Waals surface area contributed by atoms with Crippen molar-refractivity contribution in [2.24, 2.45) is 0 Å². The summed E-state index contributed by atoms with van der Waals surface area (Å²) in [5.74, 6) is 0. The zero-order valence-electron chi connectivity index (χ0n) is 54.4. The molecule has 0 saturated heterocycles. The molecule has 0 unspecified atom stereocenters. The van der Waals surface area contributed by atoms with E-state index in [-0.39, 0.29) is 22.8 Å². The summed E-state index contributed by atoms with van der Waals surface area (Å²) in [6, 6.07) is 112. The van der Waals surface area contributed by atoms with Crippen molar-refractivity contribution in [1.82, 2.24) is 45.7 Å². The van der Waals surface area contributed by atoms with E-state index in [0.29, 0.717) is 34.1 Å². The number of nitrogens with zero attached hydrogens (tertiary/aromatic N) is 10. The molecule has 0 aliphatic rings. The van der Waals surface area contributed by atoms with Crippen molar-refractivity contribution >= 4 is 87.7 Å². The predicted octanol–water partition coefficient (Wildman–Crippen LogP) is 17.9. The lowest BCUT2D eigenvalue weighted by atomic mass is 10.0. The van der Waals surface area contributed by atoms with Gasteiger partial charge in [-0.1, -0.05) is 146 Å². The molecule has 0 aliphatic carbocycles. The van der Waals surface area contributed by atoms with Gasteiger partial charge in [-0.15, -0.1) is 0 Å². The molecule has 0 N–H and O–H groups in total. The standard InChI is InChI=1S/C88H56N10O4/c99-85-91(77-25-9-11-27-79(77)95(85)65-49-53-67(54-50-65)97-83-31-15-13-29-81(83)93(87(97)101)63-45-41-59(42-46-63)89-73-21-5-1-17-69(73)70-18-2-6-22-74(70)89)61-37-33-57(34-38-61)58-35-39-62(40-36-58)92-78-26-10-12-28-80(78)96(86(92)100)66-51-55-68(56-52-66)98-84-32-16-14-30-82(84)94(88(98)102)64-47-43-60(44-48-64)90-75-23-7-3-19-71(75)72-20-4-8-24-76(72)90/h1-56H. The molecule has 20 rings (SSSR count). The number of hydrogen-bond donors (Lipinski definition) is 0. The second kappa shape index (κ2) is 22.7. The maximum atomic E-state index is 14.9. The Labute approximate surface area is 579 Å². The van der Waals surface area contributed by atoms with Crippen molar-refractivity contribution in [1.29, 1.82) is 0 Å². The lowest BCUT2D eigenvalue weighted by Crippen LogP contribution is -2.23. The maximum absolute atomic E-state index is 14.9. The van der Waals surface area contributed by atoms with Gasteiger partial charge in [-0.05, 0) is 205 Å². The van der Waals surface area contributed by atoms with E-state index >= 15 is 0 Å². The Bertz CT molecular complexity index is 6520. The third-order valence-corrected chi connectivity index (χ3v) is 20.2. The van der Waals surface area contributed by atoms with Gasteiger partial charge in [-0.25, -0.2) is 19.2 Å². The van der Waals surface area contributed by atoms with Gasteiger partial charge >= 0.3 is 22.8 Å². The summed E-state index contributed by atoms with van der Waals surface area (Å²) >= 11 is 0. The van der Waals surface area contributed by atoms with Crippen LogP contribution in [0.25, 0.3) is 156 Å². The van der Waals surface area contributed by atoms with Gasteiger partial charge in [-0.3, -0.25) is 36.5 Å². The molecule has 0 bridgehead atoms. The summed E-state index contributed by atoms with van der Waals surface area (Å²) in [6.45, 7) is 0. The number of fused-ring (bicyclic) bond motifs is 10. The first kappa shape index (κ1) is 58.0. The van der Waals surface area contributed by atoms with Crippen LogP contribution in [0.1, 0.15) is 0 Å². The highest BCUT2D eigenvalue weighted by Gasteiger charge is 2.23. The van der Waals surface area contributed by atoms with E-state index in [1.807, 2.05) is 218 Å². The zero-order valence-corrected chi connectivity index (χ0v) is 54.4. The molecule has 0 amide bonds. The second-order valence-corrected chi connectivity index (χ2v) is 25.7. The third kappa shape index (κ3) is 8.72. The van der Waals surface area contributed by atoms with Gasteiger partial charge in [0, 0.05) is 32.9 Å². The van der Waals surface area contributed by atoms with Gasteiger partial charge in [0.1, 0.15) is 0 Å². The molecule has 14 aromatic carbocycles. The molecule has 482 valence electrons. The SMILES string of the molecule is O=c1n(-c2ccc(-c3ccc(-n4c(=O)n(-c5ccc(-n6c(=O)n(-c7ccc(-n8c9ccccc9c9ccccc98)cc7)c7ccccc76)cc5)c5ccccc54)cc3)cc2)c2ccccc2n1-c1ccc(-n2c(=O)n(-c3ccc(-n4c5ccccc5c5ccccc54)cc3)c3ccccc32)cc1. The maximum Gasteiger partial charge on any atom is 0.338 e. The monoisotopic (exact) mass is 1320 g/mol. The largest absolute Gasteiger partial charge is 0.338 e. The minimum absolute atomic E-state index is 0.213. The first-order chi connectivity index (χ1) is 50.3. The van der Waals surface area contributed by atoms with Crippen LogP contribution >= 0.6 is 0 Å². The number of rotatable bonds is 11. The van der Waals surface area contributed by atoms with Crippen LogP contribution in [0, 0.1) is 0 Å². The number of benzene rings is 14. The van der Waals surface area contributed by atoms with E-state index in [0.717, 1.165) is 100 Å². The smallest absolute Gasteiger partial charge is 0.309 e. The number of hydrogen-bond acceptors (Lipinski definition) is 4. The van der Waals surface area contributed by atoms with Crippen LogP contribution in [0.3, 0.4) is 0 Å². The van der Waals surface area contributed by atoms with Gasteiger partial charge in [0.05, 0.1) is 112 Å². The summed E-state index contributed by atoms with van der Waals surface area (Å²) in [5.41, 5.74) is 18.9. The molecule has 0 fully saturated rings. The van der Waals surface area contributed by atoms with Gasteiger partial charge in [0.15, 0.2) is 0 Å². The van der Waals surface area contributed by atoms with Gasteiger partial charge in [0.2, 0.25) is 0 Å². The molecule has 0 atom stereocenters. The minimum atomic E-state index is -0.242. The molecule has 0 aliphatic heterocycles. The van der Waals surface area contributed by atoms with Crippen LogP contribution in [0.5, 0.6) is 0 Å². The molecule has 14 heteroatoms. The molecule has 0 radical (unpaired) electrons. The van der Waals surface area contributed by atoms with E-state index in [4.69, 9.17) is 0 Å². The van der Waals surface area contributed by atoms with Crippen LogP contribution in [0.4, 0.5) is 0 Å². The fourth-order valence-corrected chi connectivity index (χ4v) is 15.6. The summed E-state index contributed by atoms with van der Waals surface area (Å²) in [4.78, 5) is 59.3. The Morgan fingerprint density at radius 1 is 0.127 bits per heavy atom. The van der Waals surface area contributed by atoms with Crippen molar-refractivity contribution in [3.63, 3.8) is 0 Å². The van der Waals surface area contributed by atoms with E-state index in [2.05, 4.69) is 130 Å². The van der Waals surface area contributed by atoms with Crippen LogP contribution in [0.2, 0.25) is 0 Å². The first-order valence-electron chi connectivity index (χ1n) is 33.8. The van der Waals surface area contributed by atoms with Crippen molar-refractivity contribution in [2.75, 3.05) is 0 Å². The highest BCUT2D eigenvalue weighted by molar-refractivity contribution is 6.10. The zero-order chi connectivity index (χ0) is 67.8. The first-order valence-corrected chi connectivity index (χ1v) is 33.8. The average Bonchev–Trinajstić information content (AvgIpc) is 1.61. The van der Waals surface area contributed by atoms with Gasteiger partial charge in [-0.2, -0.15) is 0 Å². The van der Waals surface area contributed by atoms with Crippen molar-refractivity contribution < 1.29 is 0 Å². The molecule has 6 aromatic heterocycles. The lowest BCUT2D eigenvalue weighted by molar-refractivity contribution is 0.919. The highest BCUT2D eigenvalue weighted by atomic mass is 16.2. The highest BCUT2D eigenvalue weighted by Crippen LogP contribution is 2.36. The van der Waals surface area contributed by atoms with Gasteiger partial charge in [0.25, 0.3) is 0 Å². The summed E-state index contributed by atoms with van der Waals surface area (Å²) < 4.78 is 18.4. The Kier molecular flexibility index (Phi) is 12.9.